The van der Waals surface area contributed by atoms with E-state index in [9.17, 15) is 35.9 Å². The van der Waals surface area contributed by atoms with E-state index in [2.05, 4.69) is 5.32 Å². The van der Waals surface area contributed by atoms with Crippen molar-refractivity contribution in [3.63, 3.8) is 0 Å². The molecule has 0 aliphatic rings. The lowest BCUT2D eigenvalue weighted by Crippen LogP contribution is -2.46. The highest BCUT2D eigenvalue weighted by molar-refractivity contribution is 5.87. The molecule has 10 heteroatoms. The van der Waals surface area contributed by atoms with Gasteiger partial charge in [0.25, 0.3) is 0 Å². The van der Waals surface area contributed by atoms with E-state index in [4.69, 9.17) is 5.73 Å². The lowest BCUT2D eigenvalue weighted by molar-refractivity contribution is -0.143. The molecule has 2 aromatic rings. The van der Waals surface area contributed by atoms with E-state index in [1.807, 2.05) is 0 Å². The number of primary amides is 1. The predicted molar refractivity (Wildman–Crippen MR) is 91.4 cm³/mol. The molecule has 4 nitrogen and oxygen atoms in total. The first-order valence-electron chi connectivity index (χ1n) is 8.27. The van der Waals surface area contributed by atoms with Crippen molar-refractivity contribution in [1.29, 1.82) is 0 Å². The normalized spacial score (nSPS) is 13.0. The highest BCUT2D eigenvalue weighted by atomic mass is 19.4. The molecular weight excluding hydrogens is 402 g/mol. The maximum Gasteiger partial charge on any atom is 0.416 e. The van der Waals surface area contributed by atoms with Crippen molar-refractivity contribution in [1.82, 2.24) is 5.32 Å². The van der Waals surface area contributed by atoms with Crippen LogP contribution in [0.1, 0.15) is 22.3 Å². The molecule has 0 heterocycles. The minimum atomic E-state index is -5.02. The van der Waals surface area contributed by atoms with E-state index in [1.54, 1.807) is 30.3 Å². The van der Waals surface area contributed by atoms with Crippen LogP contribution in [0.2, 0.25) is 0 Å². The fourth-order valence-electron chi connectivity index (χ4n) is 2.62. The van der Waals surface area contributed by atoms with E-state index in [0.717, 1.165) is 0 Å². The Kier molecular flexibility index (Phi) is 6.55. The third kappa shape index (κ3) is 6.51. The Balaban J connectivity index is 2.21. The third-order valence-electron chi connectivity index (χ3n) is 3.97. The van der Waals surface area contributed by atoms with Crippen LogP contribution in [-0.2, 0) is 34.8 Å². The predicted octanol–water partition coefficient (Wildman–Crippen LogP) is 3.48. The maximum atomic E-state index is 12.9. The van der Waals surface area contributed by atoms with Crippen LogP contribution in [-0.4, -0.2) is 17.9 Å². The van der Waals surface area contributed by atoms with Gasteiger partial charge in [0.2, 0.25) is 11.8 Å². The zero-order chi connectivity index (χ0) is 21.8. The van der Waals surface area contributed by atoms with Gasteiger partial charge in [-0.15, -0.1) is 0 Å². The van der Waals surface area contributed by atoms with Gasteiger partial charge in [-0.1, -0.05) is 30.3 Å². The summed E-state index contributed by atoms with van der Waals surface area (Å²) in [6.07, 6.45) is -10.8. The fraction of sp³-hybridized carbons (Fsp3) is 0.263. The summed E-state index contributed by atoms with van der Waals surface area (Å²) in [5, 5.41) is 2.25. The molecule has 0 saturated heterocycles. The second-order valence-electron chi connectivity index (χ2n) is 6.30. The lowest BCUT2D eigenvalue weighted by atomic mass is 10.0. The van der Waals surface area contributed by atoms with E-state index in [-0.39, 0.29) is 12.5 Å². The molecule has 2 aromatic carbocycles. The van der Waals surface area contributed by atoms with Gasteiger partial charge >= 0.3 is 12.4 Å². The van der Waals surface area contributed by atoms with Crippen molar-refractivity contribution in [3.8, 4) is 0 Å². The Morgan fingerprint density at radius 2 is 1.38 bits per heavy atom. The number of alkyl halides is 6. The second kappa shape index (κ2) is 8.54. The molecule has 2 rings (SSSR count). The molecular formula is C19H16F6N2O2. The monoisotopic (exact) mass is 418 g/mol. The molecule has 0 radical (unpaired) electrons. The number of nitrogens with one attached hydrogen (secondary N) is 1. The zero-order valence-electron chi connectivity index (χ0n) is 14.8. The van der Waals surface area contributed by atoms with Crippen LogP contribution in [0, 0.1) is 0 Å². The van der Waals surface area contributed by atoms with Gasteiger partial charge in [-0.3, -0.25) is 9.59 Å². The van der Waals surface area contributed by atoms with Crippen molar-refractivity contribution in [2.75, 3.05) is 0 Å². The zero-order valence-corrected chi connectivity index (χ0v) is 14.8. The SMILES string of the molecule is NC(=O)[C@H](Cc1ccccc1)NC(=O)Cc1cc(C(F)(F)F)cc(C(F)(F)F)c1. The van der Waals surface area contributed by atoms with Crippen molar-refractivity contribution in [3.05, 3.63) is 70.8 Å². The molecule has 3 N–H and O–H groups in total. The average Bonchev–Trinajstić information content (AvgIpc) is 2.60. The molecule has 0 unspecified atom stereocenters. The first-order valence-corrected chi connectivity index (χ1v) is 8.27. The van der Waals surface area contributed by atoms with Crippen molar-refractivity contribution in [2.24, 2.45) is 5.73 Å². The summed E-state index contributed by atoms with van der Waals surface area (Å²) < 4.78 is 77.4. The number of carbonyl (C=O) groups is 2. The Hall–Kier alpha value is -3.04. The summed E-state index contributed by atoms with van der Waals surface area (Å²) in [4.78, 5) is 23.7. The summed E-state index contributed by atoms with van der Waals surface area (Å²) in [7, 11) is 0. The molecule has 0 aliphatic carbocycles. The van der Waals surface area contributed by atoms with Gasteiger partial charge in [-0.2, -0.15) is 26.3 Å². The molecule has 156 valence electrons. The second-order valence-corrected chi connectivity index (χ2v) is 6.30. The molecule has 29 heavy (non-hydrogen) atoms. The van der Waals surface area contributed by atoms with Gasteiger partial charge in [-0.05, 0) is 29.3 Å². The van der Waals surface area contributed by atoms with Crippen LogP contribution in [0.3, 0.4) is 0 Å². The average molecular weight is 418 g/mol. The van der Waals surface area contributed by atoms with Crippen LogP contribution in [0.15, 0.2) is 48.5 Å². The van der Waals surface area contributed by atoms with E-state index in [1.165, 1.54) is 0 Å². The van der Waals surface area contributed by atoms with Crippen LogP contribution in [0.5, 0.6) is 0 Å². The molecule has 0 aliphatic heterocycles. The highest BCUT2D eigenvalue weighted by Gasteiger charge is 2.37. The van der Waals surface area contributed by atoms with E-state index >= 15 is 0 Å². The van der Waals surface area contributed by atoms with Gasteiger partial charge in [-0.25, -0.2) is 0 Å². The molecule has 0 spiro atoms. The maximum absolute atomic E-state index is 12.9. The molecule has 1 atom stereocenters. The molecule has 0 fully saturated rings. The van der Waals surface area contributed by atoms with Gasteiger partial charge < -0.3 is 11.1 Å². The molecule has 0 aromatic heterocycles. The minimum Gasteiger partial charge on any atom is -0.368 e. The summed E-state index contributed by atoms with van der Waals surface area (Å²) in [6, 6.07) is 8.19. The Bertz CT molecular complexity index is 846. The van der Waals surface area contributed by atoms with Crippen molar-refractivity contribution < 1.29 is 35.9 Å². The van der Waals surface area contributed by atoms with Crippen LogP contribution in [0.25, 0.3) is 0 Å². The molecule has 2 amide bonds. The topological polar surface area (TPSA) is 72.2 Å². The number of hydrogen-bond donors (Lipinski definition) is 2. The number of amides is 2. The Morgan fingerprint density at radius 3 is 1.83 bits per heavy atom. The van der Waals surface area contributed by atoms with E-state index in [0.29, 0.717) is 17.7 Å². The quantitative estimate of drug-likeness (QED) is 0.706. The van der Waals surface area contributed by atoms with Gasteiger partial charge in [0.1, 0.15) is 6.04 Å². The number of hydrogen-bond acceptors (Lipinski definition) is 2. The molecule has 0 bridgehead atoms. The minimum absolute atomic E-state index is 0.0248. The number of rotatable bonds is 6. The number of benzene rings is 2. The highest BCUT2D eigenvalue weighted by Crippen LogP contribution is 2.36. The summed E-state index contributed by atoms with van der Waals surface area (Å²) in [5.74, 6) is -1.82. The summed E-state index contributed by atoms with van der Waals surface area (Å²) in [5.41, 5.74) is 2.36. The van der Waals surface area contributed by atoms with Gasteiger partial charge in [0.05, 0.1) is 17.5 Å². The van der Waals surface area contributed by atoms with Crippen LogP contribution >= 0.6 is 0 Å². The number of carbonyl (C=O) groups excluding carboxylic acids is 2. The summed E-state index contributed by atoms with van der Waals surface area (Å²) >= 11 is 0. The third-order valence-corrected chi connectivity index (χ3v) is 3.97. The van der Waals surface area contributed by atoms with Crippen molar-refractivity contribution in [2.45, 2.75) is 31.2 Å². The first-order chi connectivity index (χ1) is 13.4. The van der Waals surface area contributed by atoms with Crippen LogP contribution < -0.4 is 11.1 Å². The standard InChI is InChI=1S/C19H16F6N2O2/c20-18(21,22)13-6-12(7-14(10-13)19(23,24)25)9-16(28)27-15(17(26)29)8-11-4-2-1-3-5-11/h1-7,10,15H,8-9H2,(H2,26,29)(H,27,28)/t15-/m0/s1. The van der Waals surface area contributed by atoms with Crippen molar-refractivity contribution >= 4 is 11.8 Å². The first kappa shape index (κ1) is 22.3. The van der Waals surface area contributed by atoms with Gasteiger partial charge in [0.15, 0.2) is 0 Å². The largest absolute Gasteiger partial charge is 0.416 e. The molecule has 0 saturated carbocycles. The number of halogens is 6. The Morgan fingerprint density at radius 1 is 0.862 bits per heavy atom. The van der Waals surface area contributed by atoms with Crippen LogP contribution in [0.4, 0.5) is 26.3 Å². The fourth-order valence-corrected chi connectivity index (χ4v) is 2.62. The van der Waals surface area contributed by atoms with Gasteiger partial charge in [0, 0.05) is 6.42 Å². The lowest BCUT2D eigenvalue weighted by Gasteiger charge is -2.17. The van der Waals surface area contributed by atoms with E-state index < -0.39 is 53.3 Å². The summed E-state index contributed by atoms with van der Waals surface area (Å²) in [6.45, 7) is 0. The number of nitrogens with two attached hydrogens (primary N) is 1. The smallest absolute Gasteiger partial charge is 0.368 e. The Labute approximate surface area is 161 Å².